The lowest BCUT2D eigenvalue weighted by Gasteiger charge is -2.51. The van der Waals surface area contributed by atoms with Gasteiger partial charge >= 0.3 is 5.97 Å². The predicted molar refractivity (Wildman–Crippen MR) is 123 cm³/mol. The monoisotopic (exact) mass is 483 g/mol. The Balaban J connectivity index is 1.42. The zero-order chi connectivity index (χ0) is 25.0. The highest BCUT2D eigenvalue weighted by Gasteiger charge is 2.53. The molecule has 3 fully saturated rings. The largest absolute Gasteiger partial charge is 0.481 e. The van der Waals surface area contributed by atoms with Gasteiger partial charge in [0.1, 0.15) is 18.2 Å². The Bertz CT molecular complexity index is 1310. The molecule has 7 nitrogen and oxygen atoms in total. The molecule has 3 aliphatic rings. The Hall–Kier alpha value is -3.49. The van der Waals surface area contributed by atoms with E-state index in [2.05, 4.69) is 10.4 Å². The van der Waals surface area contributed by atoms with Gasteiger partial charge in [-0.15, -0.1) is 0 Å². The molecule has 6 rings (SSSR count). The molecule has 2 aromatic heterocycles. The molecule has 0 atom stereocenters. The predicted octanol–water partition coefficient (Wildman–Crippen LogP) is 4.72. The zero-order valence-electron chi connectivity index (χ0n) is 19.7. The van der Waals surface area contributed by atoms with Gasteiger partial charge in [0.15, 0.2) is 0 Å². The highest BCUT2D eigenvalue weighted by molar-refractivity contribution is 6.02. The summed E-state index contributed by atoms with van der Waals surface area (Å²) in [4.78, 5) is 25.2. The number of nitrogens with one attached hydrogen (secondary N) is 1. The fourth-order valence-corrected chi connectivity index (χ4v) is 5.56. The summed E-state index contributed by atoms with van der Waals surface area (Å²) in [6.07, 6.45) is 3.56. The molecule has 184 valence electrons. The first-order chi connectivity index (χ1) is 16.6. The van der Waals surface area contributed by atoms with Crippen molar-refractivity contribution in [3.63, 3.8) is 0 Å². The van der Waals surface area contributed by atoms with E-state index >= 15 is 0 Å². The van der Waals surface area contributed by atoms with Crippen molar-refractivity contribution in [2.75, 3.05) is 0 Å². The van der Waals surface area contributed by atoms with Crippen molar-refractivity contribution in [2.24, 2.45) is 5.41 Å². The van der Waals surface area contributed by atoms with E-state index < -0.39 is 28.6 Å². The summed E-state index contributed by atoms with van der Waals surface area (Å²) >= 11 is 0. The summed E-state index contributed by atoms with van der Waals surface area (Å²) in [5.41, 5.74) is 0.981. The third-order valence-electron chi connectivity index (χ3n) is 7.75. The Morgan fingerprint density at radius 3 is 2.31 bits per heavy atom. The first-order valence-electron chi connectivity index (χ1n) is 11.7. The zero-order valence-corrected chi connectivity index (χ0v) is 19.7. The number of benzene rings is 1. The van der Waals surface area contributed by atoms with Gasteiger partial charge in [-0.1, -0.05) is 6.07 Å². The van der Waals surface area contributed by atoms with Gasteiger partial charge in [0, 0.05) is 11.6 Å². The number of aliphatic carboxylic acids is 1. The van der Waals surface area contributed by atoms with Gasteiger partial charge in [-0.25, -0.2) is 8.78 Å². The van der Waals surface area contributed by atoms with E-state index in [-0.39, 0.29) is 24.0 Å². The van der Waals surface area contributed by atoms with Crippen molar-refractivity contribution in [1.82, 2.24) is 14.9 Å². The van der Waals surface area contributed by atoms with E-state index in [1.54, 1.807) is 13.0 Å². The summed E-state index contributed by atoms with van der Waals surface area (Å²) in [5, 5.41) is 17.3. The second kappa shape index (κ2) is 8.32. The van der Waals surface area contributed by atoms with Gasteiger partial charge < -0.3 is 15.2 Å². The van der Waals surface area contributed by atoms with Crippen LogP contribution in [0.1, 0.15) is 65.7 Å². The number of carbonyl (C=O) groups is 2. The Kier molecular flexibility index (Phi) is 5.53. The summed E-state index contributed by atoms with van der Waals surface area (Å²) < 4.78 is 35.3. The average Bonchev–Trinajstić information content (AvgIpc) is 3.15. The summed E-state index contributed by atoms with van der Waals surface area (Å²) in [5.74, 6) is -2.13. The molecule has 2 bridgehead atoms. The van der Waals surface area contributed by atoms with E-state index in [4.69, 9.17) is 4.74 Å². The van der Waals surface area contributed by atoms with Crippen molar-refractivity contribution in [3.8, 4) is 5.88 Å². The Morgan fingerprint density at radius 2 is 1.71 bits per heavy atom. The number of ether oxygens (including phenoxy) is 1. The lowest BCUT2D eigenvalue weighted by molar-refractivity contribution is -0.156. The fourth-order valence-electron chi connectivity index (χ4n) is 5.56. The van der Waals surface area contributed by atoms with Crippen LogP contribution in [-0.2, 0) is 11.4 Å². The van der Waals surface area contributed by atoms with E-state index in [1.165, 1.54) is 22.7 Å². The van der Waals surface area contributed by atoms with Crippen LogP contribution in [0.25, 0.3) is 5.52 Å². The van der Waals surface area contributed by atoms with Crippen LogP contribution < -0.4 is 10.1 Å². The molecule has 9 heteroatoms. The minimum atomic E-state index is -0.742. The molecule has 3 aliphatic carbocycles. The maximum absolute atomic E-state index is 14.1. The van der Waals surface area contributed by atoms with Crippen LogP contribution in [0, 0.1) is 30.9 Å². The second-order valence-corrected chi connectivity index (χ2v) is 9.94. The number of amides is 1. The normalized spacial score (nSPS) is 23.4. The van der Waals surface area contributed by atoms with Gasteiger partial charge in [-0.2, -0.15) is 9.61 Å². The molecule has 1 amide bonds. The quantitative estimate of drug-likeness (QED) is 0.530. The van der Waals surface area contributed by atoms with Crippen molar-refractivity contribution in [3.05, 3.63) is 64.4 Å². The minimum absolute atomic E-state index is 0.185. The smallest absolute Gasteiger partial charge is 0.309 e. The van der Waals surface area contributed by atoms with Crippen molar-refractivity contribution >= 4 is 17.4 Å². The van der Waals surface area contributed by atoms with Gasteiger partial charge in [-0.3, -0.25) is 9.59 Å². The van der Waals surface area contributed by atoms with Crippen LogP contribution in [-0.4, -0.2) is 32.1 Å². The summed E-state index contributed by atoms with van der Waals surface area (Å²) in [7, 11) is 0. The van der Waals surface area contributed by atoms with Crippen LogP contribution in [0.3, 0.4) is 0 Å². The third kappa shape index (κ3) is 3.92. The van der Waals surface area contributed by atoms with E-state index in [0.29, 0.717) is 55.3 Å². The molecule has 0 aliphatic heterocycles. The molecule has 3 saturated carbocycles. The van der Waals surface area contributed by atoms with Gasteiger partial charge in [0.2, 0.25) is 5.88 Å². The van der Waals surface area contributed by atoms with Gasteiger partial charge in [-0.05, 0) is 76.1 Å². The number of rotatable bonds is 6. The highest BCUT2D eigenvalue weighted by Crippen LogP contribution is 2.52. The summed E-state index contributed by atoms with van der Waals surface area (Å²) in [6.45, 7) is 3.24. The number of aryl methyl sites for hydroxylation is 2. The molecular weight excluding hydrogens is 456 g/mol. The molecular formula is C26H27F2N3O4. The van der Waals surface area contributed by atoms with Crippen molar-refractivity contribution in [2.45, 2.75) is 64.5 Å². The molecule has 0 radical (unpaired) electrons. The molecule has 0 spiro atoms. The number of carbonyl (C=O) groups excluding carboxylic acids is 1. The van der Waals surface area contributed by atoms with Gasteiger partial charge in [0.25, 0.3) is 5.91 Å². The van der Waals surface area contributed by atoms with Crippen LogP contribution >= 0.6 is 0 Å². The molecule has 2 N–H and O–H groups in total. The number of pyridine rings is 1. The number of fused-ring (bicyclic) bond motifs is 4. The van der Waals surface area contributed by atoms with Crippen LogP contribution in [0.2, 0.25) is 0 Å². The standard InChI is InChI=1S/C26H27F2N3O4/c1-15-12-20-22(23(32)29-26-9-6-25(7-10-26,8-11-26)24(33)34)16(2)30-31(20)21(13-15)35-14-17-18(27)4-3-5-19(17)28/h3-5,12-13H,6-11,14H2,1-2H3,(H,29,32)(H,33,34). The van der Waals surface area contributed by atoms with Crippen LogP contribution in [0.15, 0.2) is 30.3 Å². The highest BCUT2D eigenvalue weighted by atomic mass is 19.1. The lowest BCUT2D eigenvalue weighted by Crippen LogP contribution is -2.58. The maximum Gasteiger partial charge on any atom is 0.309 e. The van der Waals surface area contributed by atoms with E-state index in [9.17, 15) is 23.5 Å². The number of hydrogen-bond acceptors (Lipinski definition) is 4. The van der Waals surface area contributed by atoms with Gasteiger partial charge in [0.05, 0.1) is 27.8 Å². The number of carboxylic acid groups (broad SMARTS) is 1. The first-order valence-corrected chi connectivity index (χ1v) is 11.7. The first kappa shape index (κ1) is 23.3. The molecule has 35 heavy (non-hydrogen) atoms. The average molecular weight is 484 g/mol. The number of aromatic nitrogens is 2. The SMILES string of the molecule is Cc1cc(OCc2c(F)cccc2F)n2nc(C)c(C(=O)NC34CCC(C(=O)O)(CC3)CC4)c2c1. The van der Waals surface area contributed by atoms with Crippen molar-refractivity contribution < 1.29 is 28.2 Å². The Morgan fingerprint density at radius 1 is 1.09 bits per heavy atom. The third-order valence-corrected chi connectivity index (χ3v) is 7.75. The topological polar surface area (TPSA) is 92.9 Å². The number of carboxylic acids is 1. The number of halogens is 2. The molecule has 2 heterocycles. The van der Waals surface area contributed by atoms with E-state index in [1.807, 2.05) is 13.0 Å². The minimum Gasteiger partial charge on any atom is -0.481 e. The van der Waals surface area contributed by atoms with Crippen LogP contribution in [0.5, 0.6) is 5.88 Å². The Labute approximate surface area is 201 Å². The number of hydrogen-bond donors (Lipinski definition) is 2. The van der Waals surface area contributed by atoms with E-state index in [0.717, 1.165) is 5.56 Å². The number of nitrogens with zero attached hydrogens (tertiary/aromatic N) is 2. The molecule has 0 unspecified atom stereocenters. The molecule has 1 aromatic carbocycles. The summed E-state index contributed by atoms with van der Waals surface area (Å²) in [6, 6.07) is 7.16. The maximum atomic E-state index is 14.1. The van der Waals surface area contributed by atoms with Crippen LogP contribution in [0.4, 0.5) is 8.78 Å². The van der Waals surface area contributed by atoms with Crippen molar-refractivity contribution in [1.29, 1.82) is 0 Å². The lowest BCUT2D eigenvalue weighted by atomic mass is 9.57. The molecule has 0 saturated heterocycles. The second-order valence-electron chi connectivity index (χ2n) is 9.94. The molecule has 3 aromatic rings. The fraction of sp³-hybridized carbons (Fsp3) is 0.423.